The van der Waals surface area contributed by atoms with Gasteiger partial charge >= 0.3 is 0 Å². The summed E-state index contributed by atoms with van der Waals surface area (Å²) in [6, 6.07) is 0. The minimum Gasteiger partial charge on any atom is -0.303 e. The average Bonchev–Trinajstić information content (AvgIpc) is 2.88. The van der Waals surface area contributed by atoms with E-state index < -0.39 is 0 Å². The molecule has 0 N–H and O–H groups in total. The van der Waals surface area contributed by atoms with E-state index in [0.29, 0.717) is 0 Å². The first-order chi connectivity index (χ1) is 6.37. The van der Waals surface area contributed by atoms with Crippen molar-refractivity contribution < 1.29 is 4.79 Å². The summed E-state index contributed by atoms with van der Waals surface area (Å²) in [5.41, 5.74) is 0.125. The van der Waals surface area contributed by atoms with E-state index in [-0.39, 0.29) is 5.41 Å². The van der Waals surface area contributed by atoms with Gasteiger partial charge in [-0.3, -0.25) is 0 Å². The first kappa shape index (κ1) is 9.23. The van der Waals surface area contributed by atoms with Crippen LogP contribution < -0.4 is 0 Å². The SMILES string of the molecule is O=CC1(C2CC2)CCCCCCC1. The van der Waals surface area contributed by atoms with Gasteiger partial charge in [0.25, 0.3) is 0 Å². The van der Waals surface area contributed by atoms with Crippen LogP contribution >= 0.6 is 0 Å². The zero-order valence-electron chi connectivity index (χ0n) is 8.43. The van der Waals surface area contributed by atoms with Crippen LogP contribution in [0.4, 0.5) is 0 Å². The van der Waals surface area contributed by atoms with Crippen LogP contribution in [-0.4, -0.2) is 6.29 Å². The number of hydrogen-bond acceptors (Lipinski definition) is 1. The Labute approximate surface area is 80.9 Å². The van der Waals surface area contributed by atoms with E-state index in [4.69, 9.17) is 0 Å². The van der Waals surface area contributed by atoms with E-state index in [1.54, 1.807) is 0 Å². The summed E-state index contributed by atoms with van der Waals surface area (Å²) in [6.07, 6.45) is 13.0. The van der Waals surface area contributed by atoms with Gasteiger partial charge in [0.2, 0.25) is 0 Å². The zero-order chi connectivity index (χ0) is 9.15. The van der Waals surface area contributed by atoms with Gasteiger partial charge in [-0.2, -0.15) is 0 Å². The second-order valence-corrected chi connectivity index (χ2v) is 4.89. The summed E-state index contributed by atoms with van der Waals surface area (Å²) in [4.78, 5) is 11.2. The molecule has 0 aromatic rings. The van der Waals surface area contributed by atoms with Crippen molar-refractivity contribution >= 4 is 6.29 Å². The smallest absolute Gasteiger partial charge is 0.126 e. The Bertz CT molecular complexity index is 174. The lowest BCUT2D eigenvalue weighted by Crippen LogP contribution is -2.26. The van der Waals surface area contributed by atoms with Crippen LogP contribution in [0.5, 0.6) is 0 Å². The molecular weight excluding hydrogens is 160 g/mol. The number of carbonyl (C=O) groups is 1. The maximum absolute atomic E-state index is 11.2. The summed E-state index contributed by atoms with van der Waals surface area (Å²) >= 11 is 0. The van der Waals surface area contributed by atoms with Crippen molar-refractivity contribution in [2.24, 2.45) is 11.3 Å². The Morgan fingerprint density at radius 1 is 0.923 bits per heavy atom. The molecule has 2 saturated carbocycles. The van der Waals surface area contributed by atoms with Crippen LogP contribution in [0, 0.1) is 11.3 Å². The van der Waals surface area contributed by atoms with Crippen molar-refractivity contribution in [3.63, 3.8) is 0 Å². The molecule has 13 heavy (non-hydrogen) atoms. The lowest BCUT2D eigenvalue weighted by atomic mass is 9.74. The normalized spacial score (nSPS) is 28.9. The highest BCUT2D eigenvalue weighted by atomic mass is 16.1. The number of hydrogen-bond donors (Lipinski definition) is 0. The van der Waals surface area contributed by atoms with E-state index in [0.717, 1.165) is 5.92 Å². The Morgan fingerprint density at radius 2 is 1.46 bits per heavy atom. The number of aldehydes is 1. The predicted octanol–water partition coefficient (Wildman–Crippen LogP) is 3.33. The van der Waals surface area contributed by atoms with Crippen molar-refractivity contribution in [1.29, 1.82) is 0 Å². The van der Waals surface area contributed by atoms with Gasteiger partial charge < -0.3 is 4.79 Å². The summed E-state index contributed by atoms with van der Waals surface area (Å²) in [5, 5.41) is 0. The molecule has 2 rings (SSSR count). The van der Waals surface area contributed by atoms with Crippen LogP contribution in [0.3, 0.4) is 0 Å². The lowest BCUT2D eigenvalue weighted by molar-refractivity contribution is -0.118. The minimum absolute atomic E-state index is 0.125. The predicted molar refractivity (Wildman–Crippen MR) is 53.5 cm³/mol. The first-order valence-corrected chi connectivity index (χ1v) is 5.84. The highest BCUT2D eigenvalue weighted by Crippen LogP contribution is 2.51. The van der Waals surface area contributed by atoms with Crippen molar-refractivity contribution in [3.05, 3.63) is 0 Å². The van der Waals surface area contributed by atoms with Crippen LogP contribution in [-0.2, 0) is 4.79 Å². The highest BCUT2D eigenvalue weighted by Gasteiger charge is 2.44. The van der Waals surface area contributed by atoms with Crippen LogP contribution in [0.1, 0.15) is 57.8 Å². The van der Waals surface area contributed by atoms with E-state index >= 15 is 0 Å². The Hall–Kier alpha value is -0.330. The van der Waals surface area contributed by atoms with Gasteiger partial charge in [-0.05, 0) is 31.6 Å². The molecular formula is C12H20O. The third-order valence-corrected chi connectivity index (χ3v) is 3.91. The molecule has 1 heteroatoms. The fourth-order valence-electron chi connectivity index (χ4n) is 2.84. The molecule has 74 valence electrons. The molecule has 0 unspecified atom stereocenters. The van der Waals surface area contributed by atoms with Gasteiger partial charge in [-0.1, -0.05) is 32.1 Å². The molecule has 0 amide bonds. The molecule has 0 aromatic carbocycles. The molecule has 0 saturated heterocycles. The summed E-state index contributed by atoms with van der Waals surface area (Å²) in [7, 11) is 0. The molecule has 1 nitrogen and oxygen atoms in total. The highest BCUT2D eigenvalue weighted by molar-refractivity contribution is 5.60. The maximum Gasteiger partial charge on any atom is 0.126 e. The van der Waals surface area contributed by atoms with Gasteiger partial charge in [0.05, 0.1) is 0 Å². The topological polar surface area (TPSA) is 17.1 Å². The summed E-state index contributed by atoms with van der Waals surface area (Å²) in [6.45, 7) is 0. The molecule has 0 spiro atoms. The quantitative estimate of drug-likeness (QED) is 0.596. The van der Waals surface area contributed by atoms with Gasteiger partial charge in [-0.15, -0.1) is 0 Å². The third kappa shape index (κ3) is 1.95. The van der Waals surface area contributed by atoms with Crippen molar-refractivity contribution in [2.45, 2.75) is 57.8 Å². The van der Waals surface area contributed by atoms with Gasteiger partial charge in [0.15, 0.2) is 0 Å². The molecule has 0 bridgehead atoms. The second-order valence-electron chi connectivity index (χ2n) is 4.89. The van der Waals surface area contributed by atoms with Crippen LogP contribution in [0.25, 0.3) is 0 Å². The first-order valence-electron chi connectivity index (χ1n) is 5.84. The van der Waals surface area contributed by atoms with Gasteiger partial charge in [-0.25, -0.2) is 0 Å². The standard InChI is InChI=1S/C12H20O/c13-10-12(11-6-7-11)8-4-2-1-3-5-9-12/h10-11H,1-9H2. The number of carbonyl (C=O) groups excluding carboxylic acids is 1. The largest absolute Gasteiger partial charge is 0.303 e. The monoisotopic (exact) mass is 180 g/mol. The Balaban J connectivity index is 2.01. The van der Waals surface area contributed by atoms with E-state index in [1.807, 2.05) is 0 Å². The molecule has 0 atom stereocenters. The van der Waals surface area contributed by atoms with Crippen molar-refractivity contribution in [1.82, 2.24) is 0 Å². The Morgan fingerprint density at radius 3 is 1.92 bits per heavy atom. The third-order valence-electron chi connectivity index (χ3n) is 3.91. The molecule has 0 heterocycles. The molecule has 2 aliphatic rings. The Kier molecular flexibility index (Phi) is 2.71. The molecule has 2 fully saturated rings. The van der Waals surface area contributed by atoms with Gasteiger partial charge in [0, 0.05) is 5.41 Å². The summed E-state index contributed by atoms with van der Waals surface area (Å²) in [5.74, 6) is 0.767. The molecule has 0 radical (unpaired) electrons. The van der Waals surface area contributed by atoms with Crippen molar-refractivity contribution in [3.8, 4) is 0 Å². The lowest BCUT2D eigenvalue weighted by Gasteiger charge is -2.29. The van der Waals surface area contributed by atoms with Crippen molar-refractivity contribution in [2.75, 3.05) is 0 Å². The molecule has 0 aromatic heterocycles. The fourth-order valence-corrected chi connectivity index (χ4v) is 2.84. The van der Waals surface area contributed by atoms with Crippen LogP contribution in [0.2, 0.25) is 0 Å². The zero-order valence-corrected chi connectivity index (χ0v) is 8.43. The van der Waals surface area contributed by atoms with E-state index in [9.17, 15) is 4.79 Å². The minimum atomic E-state index is 0.125. The second kappa shape index (κ2) is 3.81. The average molecular weight is 180 g/mol. The maximum atomic E-state index is 11.2. The van der Waals surface area contributed by atoms with E-state index in [2.05, 4.69) is 0 Å². The number of rotatable bonds is 2. The summed E-state index contributed by atoms with van der Waals surface area (Å²) < 4.78 is 0. The van der Waals surface area contributed by atoms with E-state index in [1.165, 1.54) is 64.1 Å². The molecule has 2 aliphatic carbocycles. The van der Waals surface area contributed by atoms with Crippen LogP contribution in [0.15, 0.2) is 0 Å². The van der Waals surface area contributed by atoms with Gasteiger partial charge in [0.1, 0.15) is 6.29 Å². The fraction of sp³-hybridized carbons (Fsp3) is 0.917. The molecule has 0 aliphatic heterocycles.